The first-order valence-electron chi connectivity index (χ1n) is 16.2. The minimum Gasteiger partial charge on any atom is -0.490 e. The van der Waals surface area contributed by atoms with Crippen molar-refractivity contribution in [1.82, 2.24) is 19.5 Å². The van der Waals surface area contributed by atoms with E-state index in [4.69, 9.17) is 18.5 Å². The zero-order valence-corrected chi connectivity index (χ0v) is 30.9. The van der Waals surface area contributed by atoms with E-state index in [0.717, 1.165) is 6.42 Å². The highest BCUT2D eigenvalue weighted by molar-refractivity contribution is 7.92. The number of aryl methyl sites for hydroxylation is 4. The number of nitrogens with zero attached hydrogens (tertiary/aromatic N) is 4. The van der Waals surface area contributed by atoms with Crippen molar-refractivity contribution < 1.29 is 45.3 Å². The average molecular weight is 726 g/mol. The Morgan fingerprint density at radius 3 is 2.24 bits per heavy atom. The first kappa shape index (κ1) is 38.3. The third-order valence-corrected chi connectivity index (χ3v) is 12.3. The Morgan fingerprint density at radius 1 is 1.02 bits per heavy atom. The minimum atomic E-state index is -4.12. The van der Waals surface area contributed by atoms with Crippen LogP contribution in [0.25, 0.3) is 0 Å². The number of ether oxygens (including phenoxy) is 2. The first-order valence-corrected chi connectivity index (χ1v) is 19.1. The molecule has 0 bridgehead atoms. The van der Waals surface area contributed by atoms with E-state index in [0.29, 0.717) is 19.4 Å². The van der Waals surface area contributed by atoms with Crippen LogP contribution in [0.3, 0.4) is 0 Å². The maximum absolute atomic E-state index is 14.4. The molecule has 1 aliphatic rings. The highest BCUT2D eigenvalue weighted by Gasteiger charge is 2.35. The number of aromatic nitrogens is 2. The molecule has 0 fully saturated rings. The number of hydrogen-bond acceptors (Lipinski definition) is 12. The lowest BCUT2D eigenvalue weighted by Crippen LogP contribution is -2.48. The second-order valence-electron chi connectivity index (χ2n) is 12.7. The maximum Gasteiger partial charge on any atom is 0.267 e. The fourth-order valence-corrected chi connectivity index (χ4v) is 8.71. The third-order valence-electron chi connectivity index (χ3n) is 8.61. The van der Waals surface area contributed by atoms with E-state index in [-0.39, 0.29) is 75.5 Å². The summed E-state index contributed by atoms with van der Waals surface area (Å²) in [5, 5.41) is 17.8. The first-order chi connectivity index (χ1) is 23.0. The van der Waals surface area contributed by atoms with Crippen LogP contribution in [-0.4, -0.2) is 99.0 Å². The number of aliphatic hydroxyl groups excluding tert-OH is 1. The molecule has 49 heavy (non-hydrogen) atoms. The molecule has 17 heteroatoms. The highest BCUT2D eigenvalue weighted by atomic mass is 32.2. The van der Waals surface area contributed by atoms with Gasteiger partial charge in [0.2, 0.25) is 10.0 Å². The molecule has 4 rings (SSSR count). The Bertz CT molecular complexity index is 1800. The quantitative estimate of drug-likeness (QED) is 0.324. The molecule has 4 atom stereocenters. The highest BCUT2D eigenvalue weighted by Crippen LogP contribution is 2.31. The Morgan fingerprint density at radius 2 is 1.65 bits per heavy atom. The largest absolute Gasteiger partial charge is 0.490 e. The predicted octanol–water partition coefficient (Wildman–Crippen LogP) is 3.81. The molecular formula is C32H47N5O10S2. The number of aliphatic hydroxyl groups is 1. The van der Waals surface area contributed by atoms with Crippen LogP contribution in [0.1, 0.15) is 73.3 Å². The number of hydrogen-bond donors (Lipinski definition) is 2. The van der Waals surface area contributed by atoms with Gasteiger partial charge in [-0.3, -0.25) is 9.52 Å². The number of carbonyl (C=O) groups is 1. The molecule has 1 aromatic carbocycles. The lowest BCUT2D eigenvalue weighted by atomic mass is 10.0. The summed E-state index contributed by atoms with van der Waals surface area (Å²) in [6.45, 7) is 11.6. The van der Waals surface area contributed by atoms with Crippen molar-refractivity contribution >= 4 is 31.6 Å². The fourth-order valence-electron chi connectivity index (χ4n) is 5.86. The van der Waals surface area contributed by atoms with Gasteiger partial charge in [0.15, 0.2) is 16.4 Å². The topological polar surface area (TPSA) is 195 Å². The van der Waals surface area contributed by atoms with E-state index in [2.05, 4.69) is 15.0 Å². The monoisotopic (exact) mass is 725 g/mol. The predicted molar refractivity (Wildman–Crippen MR) is 179 cm³/mol. The van der Waals surface area contributed by atoms with Crippen LogP contribution in [0, 0.1) is 33.6 Å². The van der Waals surface area contributed by atoms with Crippen LogP contribution in [0.15, 0.2) is 37.0 Å². The van der Waals surface area contributed by atoms with Crippen molar-refractivity contribution in [2.75, 3.05) is 38.1 Å². The van der Waals surface area contributed by atoms with Gasteiger partial charge in [0.25, 0.3) is 15.9 Å². The van der Waals surface area contributed by atoms with Crippen LogP contribution >= 0.6 is 0 Å². The number of amides is 1. The van der Waals surface area contributed by atoms with Gasteiger partial charge in [-0.15, -0.1) is 0 Å². The average Bonchev–Trinajstić information content (AvgIpc) is 3.57. The number of likely N-dealkylation sites (N-methyl/N-ethyl adjacent to an activating group) is 1. The van der Waals surface area contributed by atoms with Gasteiger partial charge in [-0.25, -0.2) is 16.8 Å². The molecule has 3 heterocycles. The molecule has 0 aliphatic carbocycles. The summed E-state index contributed by atoms with van der Waals surface area (Å²) in [6.07, 6.45) is 1.12. The Hall–Kier alpha value is -3.51. The van der Waals surface area contributed by atoms with Gasteiger partial charge in [0, 0.05) is 38.3 Å². The molecule has 272 valence electrons. The number of benzene rings is 1. The summed E-state index contributed by atoms with van der Waals surface area (Å²) in [7, 11) is -6.64. The molecule has 0 spiro atoms. The zero-order chi connectivity index (χ0) is 36.3. The lowest BCUT2D eigenvalue weighted by molar-refractivity contribution is -0.00835. The second-order valence-corrected chi connectivity index (χ2v) is 16.3. The molecule has 1 aliphatic heterocycles. The summed E-state index contributed by atoms with van der Waals surface area (Å²) < 4.78 is 80.2. The minimum absolute atomic E-state index is 0.000582. The number of anilines is 1. The molecule has 0 unspecified atom stereocenters. The summed E-state index contributed by atoms with van der Waals surface area (Å²) in [6, 6.07) is 3.80. The second kappa shape index (κ2) is 15.6. The summed E-state index contributed by atoms with van der Waals surface area (Å²) in [5.74, 6) is -0.360. The van der Waals surface area contributed by atoms with Crippen molar-refractivity contribution in [3.8, 4) is 5.75 Å². The summed E-state index contributed by atoms with van der Waals surface area (Å²) >= 11 is 0. The maximum atomic E-state index is 14.4. The smallest absolute Gasteiger partial charge is 0.267 e. The molecule has 2 N–H and O–H groups in total. The molecule has 0 radical (unpaired) electrons. The van der Waals surface area contributed by atoms with E-state index in [9.17, 15) is 26.7 Å². The van der Waals surface area contributed by atoms with Gasteiger partial charge in [0.1, 0.15) is 22.0 Å². The molecule has 1 amide bonds. The van der Waals surface area contributed by atoms with Crippen LogP contribution in [-0.2, 0) is 24.8 Å². The van der Waals surface area contributed by atoms with Crippen LogP contribution in [0.2, 0.25) is 0 Å². The molecule has 2 aromatic heterocycles. The van der Waals surface area contributed by atoms with E-state index < -0.39 is 44.0 Å². The van der Waals surface area contributed by atoms with Crippen LogP contribution in [0.4, 0.5) is 5.69 Å². The Labute approximate surface area is 288 Å². The standard InChI is InChI=1S/C32H47N5O10S2/c1-19-16-37(20(2)18-38)32(39)27-15-26(35-48(40,41)30-22(4)33-46-24(30)6)12-13-28(27)45-21(3)11-9-10-14-44-29(19)17-36(8)49(42,43)31-23(5)34-47-25(31)7/h12-13,15,19-21,29,35,38H,9-11,14,16-18H2,1-8H3/t19-,20+,21-,29-/m1/s1. The molecule has 15 nitrogen and oxygen atoms in total. The van der Waals surface area contributed by atoms with Crippen molar-refractivity contribution in [3.05, 3.63) is 46.7 Å². The number of nitrogens with one attached hydrogen (secondary N) is 1. The Balaban J connectivity index is 1.70. The van der Waals surface area contributed by atoms with E-state index in [1.807, 2.05) is 13.8 Å². The van der Waals surface area contributed by atoms with Gasteiger partial charge >= 0.3 is 0 Å². The van der Waals surface area contributed by atoms with Gasteiger partial charge in [0.05, 0.1) is 30.4 Å². The number of carbonyl (C=O) groups excluding carboxylic acids is 1. The van der Waals surface area contributed by atoms with Gasteiger partial charge < -0.3 is 28.5 Å². The van der Waals surface area contributed by atoms with Crippen molar-refractivity contribution in [2.45, 2.75) is 95.8 Å². The van der Waals surface area contributed by atoms with Gasteiger partial charge in [-0.2, -0.15) is 4.31 Å². The fraction of sp³-hybridized carbons (Fsp3) is 0.594. The molecule has 0 saturated heterocycles. The normalized spacial score (nSPS) is 20.8. The zero-order valence-electron chi connectivity index (χ0n) is 29.2. The molecule has 0 saturated carbocycles. The van der Waals surface area contributed by atoms with Crippen molar-refractivity contribution in [1.29, 1.82) is 0 Å². The Kier molecular flexibility index (Phi) is 12.2. The number of fused-ring (bicyclic) bond motifs is 1. The van der Waals surface area contributed by atoms with Crippen LogP contribution < -0.4 is 9.46 Å². The van der Waals surface area contributed by atoms with E-state index in [1.165, 1.54) is 49.2 Å². The van der Waals surface area contributed by atoms with Crippen molar-refractivity contribution in [3.63, 3.8) is 0 Å². The molecule has 3 aromatic rings. The number of rotatable bonds is 9. The van der Waals surface area contributed by atoms with Gasteiger partial charge in [-0.1, -0.05) is 17.2 Å². The number of sulfonamides is 2. The van der Waals surface area contributed by atoms with Crippen LogP contribution in [0.5, 0.6) is 5.75 Å². The summed E-state index contributed by atoms with van der Waals surface area (Å²) in [5.41, 5.74) is 0.643. The van der Waals surface area contributed by atoms with E-state index in [1.54, 1.807) is 19.9 Å². The SMILES string of the molecule is Cc1noc(C)c1S(=O)(=O)Nc1ccc2c(c1)C(=O)N([C@@H](C)CO)C[C@@H](C)[C@@H](CN(C)S(=O)(=O)c1c(C)noc1C)OCCCC[C@@H](C)O2. The van der Waals surface area contributed by atoms with Gasteiger partial charge in [-0.05, 0) is 79.0 Å². The lowest BCUT2D eigenvalue weighted by Gasteiger charge is -2.35. The van der Waals surface area contributed by atoms with E-state index >= 15 is 0 Å². The molecular weight excluding hydrogens is 679 g/mol. The van der Waals surface area contributed by atoms with Crippen molar-refractivity contribution in [2.24, 2.45) is 5.92 Å². The third kappa shape index (κ3) is 8.63. The summed E-state index contributed by atoms with van der Waals surface area (Å²) in [4.78, 5) is 15.8.